The third-order valence-electron chi connectivity index (χ3n) is 11.9. The Balaban J connectivity index is 1.41. The normalized spacial score (nSPS) is 33.3. The second-order valence-electron chi connectivity index (χ2n) is 17.2. The van der Waals surface area contributed by atoms with Crippen molar-refractivity contribution in [3.8, 4) is 0 Å². The van der Waals surface area contributed by atoms with Crippen molar-refractivity contribution in [3.63, 3.8) is 0 Å². The molecule has 0 aromatic heterocycles. The Morgan fingerprint density at radius 3 is 1.69 bits per heavy atom. The molecule has 2 amide bonds. The number of rotatable bonds is 33. The predicted molar refractivity (Wildman–Crippen MR) is 229 cm³/mol. The Kier molecular flexibility index (Phi) is 28.4. The predicted octanol–water partition coefficient (Wildman–Crippen LogP) is 0.0336. The van der Waals surface area contributed by atoms with Crippen molar-refractivity contribution >= 4 is 11.8 Å². The summed E-state index contributed by atoms with van der Waals surface area (Å²) in [6.07, 6.45) is -2.05. The Bertz CT molecular complexity index is 1240. The number of unbranched alkanes of at least 4 members (excludes halogenated alkanes) is 14. The van der Waals surface area contributed by atoms with Gasteiger partial charge in [0.1, 0.15) is 73.7 Å². The summed E-state index contributed by atoms with van der Waals surface area (Å²) in [5, 5.41) is 89.4. The van der Waals surface area contributed by atoms with Crippen LogP contribution in [-0.2, 0) is 47.5 Å². The lowest BCUT2D eigenvalue weighted by Crippen LogP contribution is -2.68. The number of amides is 2. The number of carbonyl (C=O) groups is 2. The lowest BCUT2D eigenvalue weighted by molar-refractivity contribution is -0.385. The minimum absolute atomic E-state index is 0.0858. The van der Waals surface area contributed by atoms with E-state index in [-0.39, 0.29) is 38.7 Å². The van der Waals surface area contributed by atoms with Crippen LogP contribution in [0.1, 0.15) is 124 Å². The molecular weight excluding hydrogens is 844 g/mol. The first-order valence-electron chi connectivity index (χ1n) is 23.7. The highest BCUT2D eigenvalue weighted by molar-refractivity contribution is 5.77. The molecule has 20 heteroatoms. The molecule has 376 valence electrons. The van der Waals surface area contributed by atoms with Crippen LogP contribution in [0.4, 0.5) is 0 Å². The van der Waals surface area contributed by atoms with Crippen LogP contribution in [0.15, 0.2) is 0 Å². The van der Waals surface area contributed by atoms with Crippen molar-refractivity contribution in [2.75, 3.05) is 52.8 Å². The monoisotopic (exact) mass is 927 g/mol. The first kappa shape index (κ1) is 56.6. The van der Waals surface area contributed by atoms with Crippen LogP contribution >= 0.6 is 0 Å². The van der Waals surface area contributed by atoms with Crippen molar-refractivity contribution in [2.24, 2.45) is 0 Å². The maximum atomic E-state index is 12.4. The third kappa shape index (κ3) is 19.5. The van der Waals surface area contributed by atoms with E-state index in [9.17, 15) is 50.4 Å². The van der Waals surface area contributed by atoms with Crippen molar-refractivity contribution < 1.29 is 88.3 Å². The van der Waals surface area contributed by atoms with E-state index in [2.05, 4.69) is 17.6 Å². The van der Waals surface area contributed by atoms with E-state index in [0.29, 0.717) is 13.2 Å². The van der Waals surface area contributed by atoms with E-state index in [1.165, 1.54) is 90.4 Å². The summed E-state index contributed by atoms with van der Waals surface area (Å²) in [4.78, 5) is 24.5. The zero-order valence-corrected chi connectivity index (χ0v) is 38.3. The van der Waals surface area contributed by atoms with Gasteiger partial charge in [-0.3, -0.25) is 9.59 Å². The number of hydrogen-bond donors (Lipinski definition) is 10. The third-order valence-corrected chi connectivity index (χ3v) is 11.9. The van der Waals surface area contributed by atoms with E-state index >= 15 is 0 Å². The van der Waals surface area contributed by atoms with Crippen LogP contribution in [0.25, 0.3) is 0 Å². The summed E-state index contributed by atoms with van der Waals surface area (Å²) in [5.74, 6) is -0.998. The highest BCUT2D eigenvalue weighted by Crippen LogP contribution is 2.34. The van der Waals surface area contributed by atoms with E-state index in [4.69, 9.17) is 37.9 Å². The first-order chi connectivity index (χ1) is 30.8. The molecule has 0 spiro atoms. The lowest BCUT2D eigenvalue weighted by Gasteiger charge is -2.49. The van der Waals surface area contributed by atoms with Gasteiger partial charge in [-0.05, 0) is 19.8 Å². The molecule has 6 unspecified atom stereocenters. The van der Waals surface area contributed by atoms with Gasteiger partial charge in [0, 0.05) is 20.1 Å². The summed E-state index contributed by atoms with van der Waals surface area (Å²) in [6, 6.07) is -1.43. The SMILES string of the molecule is CCCCCCCCCCCCCCCCCOCCOCC(=O)NCCCO[C@@H]1OC(CO)[C@H](O)[C@H](O[C@@H]2OC(CO)[C@H](O)[C@H](O)C2NC(C)=O)C1O[C@@H]1OC(C)[C@H](O)[C@@H](O)C1O. The molecule has 3 aliphatic rings. The molecule has 3 rings (SSSR count). The van der Waals surface area contributed by atoms with Gasteiger partial charge in [-0.1, -0.05) is 96.8 Å². The van der Waals surface area contributed by atoms with Crippen molar-refractivity contribution in [2.45, 2.75) is 216 Å². The number of hydrogen-bond acceptors (Lipinski definition) is 18. The fourth-order valence-electron chi connectivity index (χ4n) is 8.01. The van der Waals surface area contributed by atoms with Gasteiger partial charge in [-0.25, -0.2) is 0 Å². The van der Waals surface area contributed by atoms with E-state index in [0.717, 1.165) is 19.8 Å². The largest absolute Gasteiger partial charge is 0.394 e. The number of carbonyl (C=O) groups excluding carboxylic acids is 2. The Morgan fingerprint density at radius 2 is 1.09 bits per heavy atom. The maximum Gasteiger partial charge on any atom is 0.246 e. The summed E-state index contributed by atoms with van der Waals surface area (Å²) in [5.41, 5.74) is 0. The van der Waals surface area contributed by atoms with Gasteiger partial charge in [0.2, 0.25) is 11.8 Å². The highest BCUT2D eigenvalue weighted by Gasteiger charge is 2.54. The van der Waals surface area contributed by atoms with Crippen LogP contribution < -0.4 is 10.6 Å². The fourth-order valence-corrected chi connectivity index (χ4v) is 8.01. The average molecular weight is 927 g/mol. The van der Waals surface area contributed by atoms with Gasteiger partial charge in [0.05, 0.1) is 39.1 Å². The number of ether oxygens (including phenoxy) is 8. The minimum Gasteiger partial charge on any atom is -0.394 e. The lowest BCUT2D eigenvalue weighted by atomic mass is 9.95. The summed E-state index contributed by atoms with van der Waals surface area (Å²) >= 11 is 0. The number of nitrogens with one attached hydrogen (secondary N) is 2. The Hall–Kier alpha value is -1.70. The van der Waals surface area contributed by atoms with E-state index in [1.54, 1.807) is 0 Å². The van der Waals surface area contributed by atoms with Gasteiger partial charge in [-0.15, -0.1) is 0 Å². The van der Waals surface area contributed by atoms with Crippen LogP contribution in [0, 0.1) is 0 Å². The molecule has 3 saturated heterocycles. The molecule has 15 atom stereocenters. The zero-order chi connectivity index (χ0) is 46.9. The maximum absolute atomic E-state index is 12.4. The molecule has 0 aromatic rings. The minimum atomic E-state index is -1.81. The smallest absolute Gasteiger partial charge is 0.246 e. The second-order valence-corrected chi connectivity index (χ2v) is 17.2. The number of aliphatic hydroxyl groups is 8. The molecule has 64 heavy (non-hydrogen) atoms. The van der Waals surface area contributed by atoms with Crippen molar-refractivity contribution in [1.82, 2.24) is 10.6 Å². The van der Waals surface area contributed by atoms with Gasteiger partial charge in [-0.2, -0.15) is 0 Å². The molecule has 0 aliphatic carbocycles. The van der Waals surface area contributed by atoms with Crippen molar-refractivity contribution in [3.05, 3.63) is 0 Å². The summed E-state index contributed by atoms with van der Waals surface area (Å²) in [7, 11) is 0. The van der Waals surface area contributed by atoms with E-state index in [1.807, 2.05) is 0 Å². The first-order valence-corrected chi connectivity index (χ1v) is 23.7. The van der Waals surface area contributed by atoms with Crippen molar-refractivity contribution in [1.29, 1.82) is 0 Å². The molecule has 0 saturated carbocycles. The summed E-state index contributed by atoms with van der Waals surface area (Å²) < 4.78 is 46.4. The van der Waals surface area contributed by atoms with Gasteiger partial charge in [0.25, 0.3) is 0 Å². The molecule has 0 bridgehead atoms. The summed E-state index contributed by atoms with van der Waals surface area (Å²) in [6.45, 7) is 4.51. The molecule has 3 heterocycles. The van der Waals surface area contributed by atoms with Crippen LogP contribution in [-0.4, -0.2) is 198 Å². The molecule has 3 fully saturated rings. The topological polar surface area (TPSA) is 294 Å². The van der Waals surface area contributed by atoms with Gasteiger partial charge >= 0.3 is 0 Å². The zero-order valence-electron chi connectivity index (χ0n) is 38.3. The van der Waals surface area contributed by atoms with Crippen LogP contribution in [0.5, 0.6) is 0 Å². The molecule has 3 aliphatic heterocycles. The van der Waals surface area contributed by atoms with Gasteiger partial charge in [0.15, 0.2) is 18.9 Å². The van der Waals surface area contributed by atoms with E-state index < -0.39 is 111 Å². The van der Waals surface area contributed by atoms with Crippen LogP contribution in [0.2, 0.25) is 0 Å². The molecule has 0 aromatic carbocycles. The molecule has 10 N–H and O–H groups in total. The highest BCUT2D eigenvalue weighted by atomic mass is 16.8. The average Bonchev–Trinajstić information content (AvgIpc) is 3.27. The quantitative estimate of drug-likeness (QED) is 0.0389. The second kappa shape index (κ2) is 32.1. The Labute approximate surface area is 378 Å². The molecular formula is C44H82N2O18. The fraction of sp³-hybridized carbons (Fsp3) is 0.955. The van der Waals surface area contributed by atoms with Gasteiger partial charge < -0.3 is 89.4 Å². The molecule has 20 nitrogen and oxygen atoms in total. The number of aliphatic hydroxyl groups excluding tert-OH is 8. The standard InChI is InChI=1S/C44H82N2O18/c1-4-5-6-7-8-9-10-11-12-13-14-15-16-17-18-21-57-23-24-58-27-32(50)45-20-19-22-59-44-41(64-43-39(56)38(55)34(51)28(2)60-43)40(36(53)31(26-48)62-44)63-42-33(46-29(3)49)37(54)35(52)30(25-47)61-42/h28,30-31,33-44,47-48,51-56H,4-27H2,1-3H3,(H,45,50)(H,46,49)/t28?,30?,31?,33?,34-,35-,36-,37+,38+,39?,40-,41?,42-,43-,44+/m0/s1. The molecule has 0 radical (unpaired) electrons. The van der Waals surface area contributed by atoms with Crippen LogP contribution in [0.3, 0.4) is 0 Å². The Morgan fingerprint density at radius 1 is 0.547 bits per heavy atom.